The summed E-state index contributed by atoms with van der Waals surface area (Å²) in [5.74, 6) is -1.59. The Morgan fingerprint density at radius 3 is 2.61 bits per heavy atom. The summed E-state index contributed by atoms with van der Waals surface area (Å²) >= 11 is 0. The van der Waals surface area contributed by atoms with Crippen LogP contribution in [-0.4, -0.2) is 15.6 Å². The summed E-state index contributed by atoms with van der Waals surface area (Å²) in [6.07, 6.45) is 1.18. The standard InChI is InChI=1S/C13H10FNO3/c1-8-2-4-10(6-11(8)14)15-7-9(13(17)18)3-5-12(15)16/h2-7H,1H3,(H,17,18). The van der Waals surface area contributed by atoms with Crippen LogP contribution in [0.15, 0.2) is 41.3 Å². The molecule has 0 spiro atoms. The number of carboxylic acids is 1. The van der Waals surface area contributed by atoms with Gasteiger partial charge < -0.3 is 5.11 Å². The van der Waals surface area contributed by atoms with E-state index in [1.807, 2.05) is 0 Å². The number of rotatable bonds is 2. The molecule has 2 aromatic rings. The number of aromatic nitrogens is 1. The van der Waals surface area contributed by atoms with Crippen molar-refractivity contribution in [2.24, 2.45) is 0 Å². The summed E-state index contributed by atoms with van der Waals surface area (Å²) in [4.78, 5) is 22.5. The first-order valence-electron chi connectivity index (χ1n) is 5.21. The van der Waals surface area contributed by atoms with Gasteiger partial charge in [-0.25, -0.2) is 9.18 Å². The van der Waals surface area contributed by atoms with E-state index in [0.29, 0.717) is 11.3 Å². The number of hydrogen-bond acceptors (Lipinski definition) is 2. The SMILES string of the molecule is Cc1ccc(-n2cc(C(=O)O)ccc2=O)cc1F. The summed E-state index contributed by atoms with van der Waals surface area (Å²) in [5, 5.41) is 8.86. The number of aromatic carboxylic acids is 1. The van der Waals surface area contributed by atoms with Crippen molar-refractivity contribution in [3.8, 4) is 5.69 Å². The molecule has 0 aliphatic rings. The molecular weight excluding hydrogens is 237 g/mol. The van der Waals surface area contributed by atoms with E-state index in [-0.39, 0.29) is 5.56 Å². The predicted octanol–water partition coefficient (Wildman–Crippen LogP) is 1.98. The molecule has 1 aromatic heterocycles. The minimum absolute atomic E-state index is 0.0319. The van der Waals surface area contributed by atoms with Gasteiger partial charge in [0, 0.05) is 12.3 Å². The topological polar surface area (TPSA) is 59.3 Å². The summed E-state index contributed by atoms with van der Waals surface area (Å²) < 4.78 is 14.5. The largest absolute Gasteiger partial charge is 0.478 e. The third kappa shape index (κ3) is 2.15. The highest BCUT2D eigenvalue weighted by Gasteiger charge is 2.08. The fraction of sp³-hybridized carbons (Fsp3) is 0.0769. The fourth-order valence-corrected chi connectivity index (χ4v) is 1.55. The first kappa shape index (κ1) is 12.0. The Hall–Kier alpha value is -2.43. The molecule has 0 radical (unpaired) electrons. The molecule has 0 atom stereocenters. The molecule has 0 saturated heterocycles. The first-order chi connectivity index (χ1) is 8.49. The maximum absolute atomic E-state index is 13.4. The van der Waals surface area contributed by atoms with Crippen molar-refractivity contribution < 1.29 is 14.3 Å². The molecule has 4 nitrogen and oxygen atoms in total. The summed E-state index contributed by atoms with van der Waals surface area (Å²) in [7, 11) is 0. The number of aryl methyl sites for hydroxylation is 1. The molecule has 0 unspecified atom stereocenters. The highest BCUT2D eigenvalue weighted by Crippen LogP contribution is 2.12. The smallest absolute Gasteiger partial charge is 0.337 e. The van der Waals surface area contributed by atoms with Crippen LogP contribution in [0.5, 0.6) is 0 Å². The zero-order chi connectivity index (χ0) is 13.3. The van der Waals surface area contributed by atoms with E-state index in [4.69, 9.17) is 5.11 Å². The molecule has 1 N–H and O–H groups in total. The summed E-state index contributed by atoms with van der Waals surface area (Å²) in [6, 6.07) is 6.64. The van der Waals surface area contributed by atoms with Gasteiger partial charge in [-0.3, -0.25) is 9.36 Å². The fourth-order valence-electron chi connectivity index (χ4n) is 1.55. The second-order valence-electron chi connectivity index (χ2n) is 3.86. The zero-order valence-corrected chi connectivity index (χ0v) is 9.55. The lowest BCUT2D eigenvalue weighted by Gasteiger charge is -2.07. The van der Waals surface area contributed by atoms with Crippen molar-refractivity contribution in [2.45, 2.75) is 6.92 Å². The quantitative estimate of drug-likeness (QED) is 0.882. The minimum atomic E-state index is -1.14. The number of carboxylic acid groups (broad SMARTS) is 1. The zero-order valence-electron chi connectivity index (χ0n) is 9.55. The van der Waals surface area contributed by atoms with Gasteiger partial charge >= 0.3 is 5.97 Å². The normalized spacial score (nSPS) is 10.3. The van der Waals surface area contributed by atoms with Crippen molar-refractivity contribution in [1.82, 2.24) is 4.57 Å². The van der Waals surface area contributed by atoms with Crippen LogP contribution in [0.3, 0.4) is 0 Å². The van der Waals surface area contributed by atoms with Gasteiger partial charge in [0.05, 0.1) is 11.3 Å². The van der Waals surface area contributed by atoms with Crippen LogP contribution in [-0.2, 0) is 0 Å². The van der Waals surface area contributed by atoms with Crippen LogP contribution < -0.4 is 5.56 Å². The van der Waals surface area contributed by atoms with Crippen LogP contribution in [0.2, 0.25) is 0 Å². The maximum Gasteiger partial charge on any atom is 0.337 e. The van der Waals surface area contributed by atoms with E-state index in [2.05, 4.69) is 0 Å². The molecule has 5 heteroatoms. The van der Waals surface area contributed by atoms with Crippen molar-refractivity contribution in [1.29, 1.82) is 0 Å². The number of pyridine rings is 1. The number of halogens is 1. The van der Waals surface area contributed by atoms with Crippen molar-refractivity contribution in [2.75, 3.05) is 0 Å². The van der Waals surface area contributed by atoms with E-state index in [1.54, 1.807) is 13.0 Å². The van der Waals surface area contributed by atoms with Gasteiger partial charge in [0.25, 0.3) is 5.56 Å². The van der Waals surface area contributed by atoms with Crippen LogP contribution in [0.4, 0.5) is 4.39 Å². The third-order valence-corrected chi connectivity index (χ3v) is 2.59. The molecule has 0 amide bonds. The Balaban J connectivity index is 2.62. The van der Waals surface area contributed by atoms with E-state index in [1.165, 1.54) is 24.4 Å². The van der Waals surface area contributed by atoms with Gasteiger partial charge in [-0.1, -0.05) is 6.07 Å². The van der Waals surface area contributed by atoms with Crippen LogP contribution >= 0.6 is 0 Å². The molecule has 1 heterocycles. The molecule has 18 heavy (non-hydrogen) atoms. The minimum Gasteiger partial charge on any atom is -0.478 e. The predicted molar refractivity (Wildman–Crippen MR) is 63.7 cm³/mol. The molecule has 0 aliphatic carbocycles. The lowest BCUT2D eigenvalue weighted by Crippen LogP contribution is -2.18. The number of benzene rings is 1. The second kappa shape index (κ2) is 4.44. The maximum atomic E-state index is 13.4. The van der Waals surface area contributed by atoms with Gasteiger partial charge in [-0.15, -0.1) is 0 Å². The van der Waals surface area contributed by atoms with Crippen LogP contribution in [0.1, 0.15) is 15.9 Å². The lowest BCUT2D eigenvalue weighted by atomic mass is 10.2. The molecule has 1 aromatic carbocycles. The number of nitrogens with zero attached hydrogens (tertiary/aromatic N) is 1. The van der Waals surface area contributed by atoms with E-state index < -0.39 is 17.3 Å². The Bertz CT molecular complexity index is 676. The Kier molecular flexibility index (Phi) is 2.97. The van der Waals surface area contributed by atoms with Gasteiger partial charge in [0.15, 0.2) is 0 Å². The Labute approximate surface area is 102 Å². The lowest BCUT2D eigenvalue weighted by molar-refractivity contribution is 0.0696. The van der Waals surface area contributed by atoms with Crippen LogP contribution in [0, 0.1) is 12.7 Å². The van der Waals surface area contributed by atoms with Crippen molar-refractivity contribution in [3.05, 3.63) is 63.8 Å². The number of carbonyl (C=O) groups is 1. The number of hydrogen-bond donors (Lipinski definition) is 1. The second-order valence-corrected chi connectivity index (χ2v) is 3.86. The first-order valence-corrected chi connectivity index (χ1v) is 5.21. The molecule has 0 fully saturated rings. The van der Waals surface area contributed by atoms with E-state index >= 15 is 0 Å². The summed E-state index contributed by atoms with van der Waals surface area (Å²) in [5.41, 5.74) is 0.311. The van der Waals surface area contributed by atoms with Crippen LogP contribution in [0.25, 0.3) is 5.69 Å². The van der Waals surface area contributed by atoms with Gasteiger partial charge in [-0.2, -0.15) is 0 Å². The monoisotopic (exact) mass is 247 g/mol. The average molecular weight is 247 g/mol. The Morgan fingerprint density at radius 2 is 2.00 bits per heavy atom. The highest BCUT2D eigenvalue weighted by atomic mass is 19.1. The molecule has 2 rings (SSSR count). The molecule has 0 aliphatic heterocycles. The van der Waals surface area contributed by atoms with Gasteiger partial charge in [0.2, 0.25) is 0 Å². The highest BCUT2D eigenvalue weighted by molar-refractivity contribution is 5.87. The third-order valence-electron chi connectivity index (χ3n) is 2.59. The molecule has 0 bridgehead atoms. The van der Waals surface area contributed by atoms with Crippen molar-refractivity contribution >= 4 is 5.97 Å². The Morgan fingerprint density at radius 1 is 1.28 bits per heavy atom. The van der Waals surface area contributed by atoms with Gasteiger partial charge in [0.1, 0.15) is 5.82 Å². The van der Waals surface area contributed by atoms with E-state index in [0.717, 1.165) is 10.6 Å². The van der Waals surface area contributed by atoms with Crippen molar-refractivity contribution in [3.63, 3.8) is 0 Å². The summed E-state index contributed by atoms with van der Waals surface area (Å²) in [6.45, 7) is 1.61. The van der Waals surface area contributed by atoms with Gasteiger partial charge in [-0.05, 0) is 30.7 Å². The average Bonchev–Trinajstić information content (AvgIpc) is 2.33. The molecule has 92 valence electrons. The molecular formula is C13H10FNO3. The molecule has 0 saturated carbocycles. The van der Waals surface area contributed by atoms with E-state index in [9.17, 15) is 14.0 Å².